The minimum atomic E-state index is -0.661. The van der Waals surface area contributed by atoms with Crippen molar-refractivity contribution in [2.45, 2.75) is 18.4 Å². The number of thioether (sulfide) groups is 1. The molecule has 140 valence electrons. The number of hydrogen-bond acceptors (Lipinski definition) is 4. The molecule has 0 aliphatic heterocycles. The number of methoxy groups -OCH3 is 2. The number of nitrogens with zero attached hydrogens (tertiary/aromatic N) is 1. The topological polar surface area (TPSA) is 38.8 Å². The molecule has 7 heteroatoms. The Kier molecular flexibility index (Phi) is 7.26. The number of rotatable bonds is 8. The third-order valence-corrected chi connectivity index (χ3v) is 4.83. The minimum Gasteiger partial charge on any atom is -0.493 e. The summed E-state index contributed by atoms with van der Waals surface area (Å²) in [7, 11) is 3.11. The highest BCUT2D eigenvalue weighted by Gasteiger charge is 2.15. The van der Waals surface area contributed by atoms with Gasteiger partial charge in [0.1, 0.15) is 11.6 Å². The maximum atomic E-state index is 13.7. The van der Waals surface area contributed by atoms with Crippen LogP contribution < -0.4 is 9.47 Å². The van der Waals surface area contributed by atoms with Crippen LogP contribution in [0, 0.1) is 11.6 Å². The molecule has 0 aromatic heterocycles. The van der Waals surface area contributed by atoms with Crippen LogP contribution in [0.5, 0.6) is 11.5 Å². The highest BCUT2D eigenvalue weighted by molar-refractivity contribution is 8.00. The fourth-order valence-corrected chi connectivity index (χ4v) is 3.22. The molecule has 2 aromatic carbocycles. The first kappa shape index (κ1) is 20.0. The lowest BCUT2D eigenvalue weighted by atomic mass is 10.2. The van der Waals surface area contributed by atoms with Gasteiger partial charge >= 0.3 is 0 Å². The van der Waals surface area contributed by atoms with E-state index in [0.29, 0.717) is 24.6 Å². The Bertz CT molecular complexity index is 770. The van der Waals surface area contributed by atoms with E-state index < -0.39 is 11.6 Å². The molecule has 0 N–H and O–H groups in total. The Hall–Kier alpha value is -2.28. The number of carbonyl (C=O) groups excluding carboxylic acids is 1. The van der Waals surface area contributed by atoms with Crippen molar-refractivity contribution >= 4 is 17.7 Å². The highest BCUT2D eigenvalue weighted by atomic mass is 32.2. The summed E-state index contributed by atoms with van der Waals surface area (Å²) in [4.78, 5) is 14.4. The molecule has 0 bridgehead atoms. The van der Waals surface area contributed by atoms with E-state index in [1.807, 2.05) is 19.1 Å². The van der Waals surface area contributed by atoms with E-state index in [9.17, 15) is 13.6 Å². The predicted octanol–water partition coefficient (Wildman–Crippen LogP) is 4.12. The van der Waals surface area contributed by atoms with Gasteiger partial charge in [0, 0.05) is 24.1 Å². The summed E-state index contributed by atoms with van der Waals surface area (Å²) in [5, 5.41) is 0. The Morgan fingerprint density at radius 3 is 2.42 bits per heavy atom. The van der Waals surface area contributed by atoms with Crippen molar-refractivity contribution in [1.29, 1.82) is 0 Å². The van der Waals surface area contributed by atoms with Gasteiger partial charge in [0.05, 0.1) is 20.0 Å². The predicted molar refractivity (Wildman–Crippen MR) is 97.7 cm³/mol. The van der Waals surface area contributed by atoms with Crippen molar-refractivity contribution in [3.63, 3.8) is 0 Å². The lowest BCUT2D eigenvalue weighted by molar-refractivity contribution is -0.128. The molecule has 4 nitrogen and oxygen atoms in total. The number of ether oxygens (including phenoxy) is 2. The Morgan fingerprint density at radius 1 is 1.08 bits per heavy atom. The van der Waals surface area contributed by atoms with Crippen molar-refractivity contribution in [2.75, 3.05) is 26.5 Å². The van der Waals surface area contributed by atoms with Crippen molar-refractivity contribution in [2.24, 2.45) is 0 Å². The van der Waals surface area contributed by atoms with Gasteiger partial charge in [0.15, 0.2) is 11.5 Å². The minimum absolute atomic E-state index is 0.0731. The van der Waals surface area contributed by atoms with Gasteiger partial charge in [0.25, 0.3) is 0 Å². The average molecular weight is 381 g/mol. The van der Waals surface area contributed by atoms with Gasteiger partial charge in [-0.3, -0.25) is 4.79 Å². The summed E-state index contributed by atoms with van der Waals surface area (Å²) in [5.41, 5.74) is 0.899. The zero-order valence-electron chi connectivity index (χ0n) is 14.9. The second-order valence-corrected chi connectivity index (χ2v) is 6.48. The molecule has 0 atom stereocenters. The van der Waals surface area contributed by atoms with Crippen LogP contribution in [0.3, 0.4) is 0 Å². The van der Waals surface area contributed by atoms with Gasteiger partial charge in [-0.1, -0.05) is 6.07 Å². The third kappa shape index (κ3) is 5.11. The number of carbonyl (C=O) groups is 1. The molecule has 0 spiro atoms. The second-order valence-electron chi connectivity index (χ2n) is 5.46. The van der Waals surface area contributed by atoms with Crippen molar-refractivity contribution in [1.82, 2.24) is 4.90 Å². The smallest absolute Gasteiger partial charge is 0.233 e. The SMILES string of the molecule is CCN(Cc1ccc(OC)c(OC)c1)C(=O)CSc1ccc(F)cc1F. The van der Waals surface area contributed by atoms with Gasteiger partial charge < -0.3 is 14.4 Å². The first-order valence-electron chi connectivity index (χ1n) is 8.05. The number of benzene rings is 2. The molecule has 0 fully saturated rings. The molecular formula is C19H21F2NO3S. The van der Waals surface area contributed by atoms with Gasteiger partial charge in [-0.15, -0.1) is 11.8 Å². The normalized spacial score (nSPS) is 10.5. The molecule has 2 rings (SSSR count). The summed E-state index contributed by atoms with van der Waals surface area (Å²) in [5.74, 6) is -0.142. The molecule has 0 saturated heterocycles. The molecule has 2 aromatic rings. The molecule has 0 aliphatic carbocycles. The maximum absolute atomic E-state index is 13.7. The molecule has 0 heterocycles. The molecular weight excluding hydrogens is 360 g/mol. The van der Waals surface area contributed by atoms with Crippen LogP contribution in [0.25, 0.3) is 0 Å². The van der Waals surface area contributed by atoms with E-state index in [4.69, 9.17) is 9.47 Å². The van der Waals surface area contributed by atoms with Crippen molar-refractivity contribution in [3.05, 3.63) is 53.6 Å². The zero-order valence-corrected chi connectivity index (χ0v) is 15.7. The van der Waals surface area contributed by atoms with Gasteiger partial charge in [-0.25, -0.2) is 8.78 Å². The molecule has 0 aliphatic rings. The standard InChI is InChI=1S/C19H21F2NO3S/c1-4-22(11-13-5-7-16(24-2)17(9-13)25-3)19(23)12-26-18-8-6-14(20)10-15(18)21/h5-10H,4,11-12H2,1-3H3. The average Bonchev–Trinajstić information content (AvgIpc) is 2.64. The van der Waals surface area contributed by atoms with Crippen molar-refractivity contribution in [3.8, 4) is 11.5 Å². The molecule has 0 radical (unpaired) electrons. The first-order chi connectivity index (χ1) is 12.5. The zero-order chi connectivity index (χ0) is 19.1. The monoisotopic (exact) mass is 381 g/mol. The third-order valence-electron chi connectivity index (χ3n) is 3.80. The molecule has 0 saturated carbocycles. The molecule has 26 heavy (non-hydrogen) atoms. The van der Waals surface area contributed by atoms with Crippen LogP contribution in [0.1, 0.15) is 12.5 Å². The largest absolute Gasteiger partial charge is 0.493 e. The summed E-state index contributed by atoms with van der Waals surface area (Å²) in [6.45, 7) is 2.80. The maximum Gasteiger partial charge on any atom is 0.233 e. The fraction of sp³-hybridized carbons (Fsp3) is 0.316. The fourth-order valence-electron chi connectivity index (χ4n) is 2.40. The number of hydrogen-bond donors (Lipinski definition) is 0. The first-order valence-corrected chi connectivity index (χ1v) is 9.03. The lowest BCUT2D eigenvalue weighted by Crippen LogP contribution is -2.31. The summed E-state index contributed by atoms with van der Waals surface area (Å²) in [6.07, 6.45) is 0. The molecule has 1 amide bonds. The van der Waals surface area contributed by atoms with Gasteiger partial charge in [0.2, 0.25) is 5.91 Å². The quantitative estimate of drug-likeness (QED) is 0.645. The van der Waals surface area contributed by atoms with E-state index >= 15 is 0 Å². The lowest BCUT2D eigenvalue weighted by Gasteiger charge is -2.21. The summed E-state index contributed by atoms with van der Waals surface area (Å²) < 4.78 is 37.1. The van der Waals surface area contributed by atoms with Gasteiger partial charge in [-0.2, -0.15) is 0 Å². The molecule has 0 unspecified atom stereocenters. The summed E-state index contributed by atoms with van der Waals surface area (Å²) >= 11 is 1.05. The highest BCUT2D eigenvalue weighted by Crippen LogP contribution is 2.28. The van der Waals surface area contributed by atoms with Crippen LogP contribution in [-0.4, -0.2) is 37.3 Å². The van der Waals surface area contributed by atoms with Gasteiger partial charge in [-0.05, 0) is 36.8 Å². The Balaban J connectivity index is 2.02. The van der Waals surface area contributed by atoms with Crippen LogP contribution in [0.4, 0.5) is 8.78 Å². The van der Waals surface area contributed by atoms with Crippen LogP contribution in [0.2, 0.25) is 0 Å². The van der Waals surface area contributed by atoms with E-state index in [2.05, 4.69) is 0 Å². The van der Waals surface area contributed by atoms with E-state index in [1.165, 1.54) is 12.1 Å². The van der Waals surface area contributed by atoms with E-state index in [-0.39, 0.29) is 16.6 Å². The van der Waals surface area contributed by atoms with E-state index in [0.717, 1.165) is 23.4 Å². The second kappa shape index (κ2) is 9.43. The number of amides is 1. The van der Waals surface area contributed by atoms with Crippen LogP contribution in [0.15, 0.2) is 41.3 Å². The van der Waals surface area contributed by atoms with Crippen LogP contribution in [-0.2, 0) is 11.3 Å². The Morgan fingerprint density at radius 2 is 1.81 bits per heavy atom. The Labute approximate surface area is 156 Å². The van der Waals surface area contributed by atoms with Crippen LogP contribution >= 0.6 is 11.8 Å². The van der Waals surface area contributed by atoms with E-state index in [1.54, 1.807) is 25.2 Å². The summed E-state index contributed by atoms with van der Waals surface area (Å²) in [6, 6.07) is 8.80. The van der Waals surface area contributed by atoms with Crippen molar-refractivity contribution < 1.29 is 23.0 Å². The number of halogens is 2.